The summed E-state index contributed by atoms with van der Waals surface area (Å²) in [5, 5.41) is 16.0. The second-order valence-electron chi connectivity index (χ2n) is 11.5. The predicted octanol–water partition coefficient (Wildman–Crippen LogP) is 1.51. The summed E-state index contributed by atoms with van der Waals surface area (Å²) in [5.41, 5.74) is -1.29. The highest BCUT2D eigenvalue weighted by Gasteiger charge is 2.69. The molecule has 2 aromatic rings. The molecule has 2 fully saturated rings. The average Bonchev–Trinajstić information content (AvgIpc) is 3.22. The molecule has 1 saturated carbocycles. The quantitative estimate of drug-likeness (QED) is 0.296. The van der Waals surface area contributed by atoms with Gasteiger partial charge in [0.05, 0.1) is 6.04 Å². The lowest BCUT2D eigenvalue weighted by Crippen LogP contribution is -2.58. The lowest BCUT2D eigenvalue weighted by atomic mass is 9.97. The number of H-pyrrole nitrogens is 1. The summed E-state index contributed by atoms with van der Waals surface area (Å²) in [6.45, 7) is 9.45. The summed E-state index contributed by atoms with van der Waals surface area (Å²) in [6, 6.07) is 6.07. The Balaban J connectivity index is 1.55. The van der Waals surface area contributed by atoms with Crippen molar-refractivity contribution >= 4 is 38.7 Å². The summed E-state index contributed by atoms with van der Waals surface area (Å²) in [4.78, 5) is 44.8. The van der Waals surface area contributed by atoms with Crippen LogP contribution < -0.4 is 10.6 Å². The normalized spacial score (nSPS) is 24.5. The number of aliphatic hydroxyl groups is 1. The van der Waals surface area contributed by atoms with Crippen LogP contribution in [0.25, 0.3) is 10.9 Å². The molecular weight excluding hydrogens is 512 g/mol. The Morgan fingerprint density at radius 3 is 2.42 bits per heavy atom. The van der Waals surface area contributed by atoms with Crippen LogP contribution in [-0.2, 0) is 19.7 Å². The molecule has 38 heavy (non-hydrogen) atoms. The first-order valence-corrected chi connectivity index (χ1v) is 14.3. The third-order valence-corrected chi connectivity index (χ3v) is 8.97. The van der Waals surface area contributed by atoms with E-state index in [1.54, 1.807) is 6.07 Å². The van der Waals surface area contributed by atoms with Gasteiger partial charge in [0.2, 0.25) is 17.3 Å². The van der Waals surface area contributed by atoms with Crippen LogP contribution in [0.15, 0.2) is 30.3 Å². The van der Waals surface area contributed by atoms with Gasteiger partial charge < -0.3 is 25.6 Å². The number of benzene rings is 1. The van der Waals surface area contributed by atoms with Crippen LogP contribution in [0.3, 0.4) is 0 Å². The first-order valence-electron chi connectivity index (χ1n) is 12.8. The summed E-state index contributed by atoms with van der Waals surface area (Å²) in [6.07, 6.45) is 0.353. The molecule has 6 atom stereocenters. The molecule has 12 heteroatoms. The molecule has 11 nitrogen and oxygen atoms in total. The van der Waals surface area contributed by atoms with E-state index in [2.05, 4.69) is 15.6 Å². The zero-order valence-corrected chi connectivity index (χ0v) is 23.0. The molecule has 0 spiro atoms. The lowest BCUT2D eigenvalue weighted by molar-refractivity contribution is -0.142. The van der Waals surface area contributed by atoms with Crippen LogP contribution >= 0.6 is 0 Å². The lowest BCUT2D eigenvalue weighted by Gasteiger charge is -2.34. The first kappa shape index (κ1) is 28.1. The van der Waals surface area contributed by atoms with Crippen molar-refractivity contribution in [1.29, 1.82) is 0 Å². The molecule has 1 aliphatic carbocycles. The Labute approximate surface area is 222 Å². The predicted molar refractivity (Wildman–Crippen MR) is 140 cm³/mol. The molecule has 1 unspecified atom stereocenters. The minimum Gasteiger partial charge on any atom is -0.374 e. The molecule has 1 aliphatic heterocycles. The molecule has 1 aromatic heterocycles. The van der Waals surface area contributed by atoms with E-state index in [4.69, 9.17) is 4.55 Å². The fraction of sp³-hybridized carbons (Fsp3) is 0.577. The molecule has 208 valence electrons. The Morgan fingerprint density at radius 2 is 1.82 bits per heavy atom. The largest absolute Gasteiger partial charge is 0.374 e. The summed E-state index contributed by atoms with van der Waals surface area (Å²) in [5.74, 6) is -1.47. The molecule has 3 amide bonds. The van der Waals surface area contributed by atoms with Crippen LogP contribution in [0.5, 0.6) is 0 Å². The third kappa shape index (κ3) is 5.29. The van der Waals surface area contributed by atoms with Crippen LogP contribution in [0.2, 0.25) is 0 Å². The van der Waals surface area contributed by atoms with E-state index in [0.29, 0.717) is 18.7 Å². The van der Waals surface area contributed by atoms with Crippen LogP contribution in [0.4, 0.5) is 0 Å². The van der Waals surface area contributed by atoms with Crippen molar-refractivity contribution in [3.8, 4) is 0 Å². The number of nitrogens with one attached hydrogen (secondary N) is 3. The number of hydrogen-bond acceptors (Lipinski definition) is 6. The van der Waals surface area contributed by atoms with E-state index in [-0.39, 0.29) is 23.2 Å². The summed E-state index contributed by atoms with van der Waals surface area (Å²) >= 11 is 0. The number of rotatable bonds is 9. The van der Waals surface area contributed by atoms with Gasteiger partial charge in [0, 0.05) is 17.4 Å². The number of para-hydroxylation sites is 1. The SMILES string of the molecule is CC(C)C[C@H](NC(=O)c1cc2ccccc2[nH]1)C(=O)N1C[C@H]2[C@@H]([C@H]1C(=O)N[C@@H](C)C(O)S(=O)(=O)O)C2(C)C. The van der Waals surface area contributed by atoms with E-state index in [9.17, 15) is 27.9 Å². The Kier molecular flexibility index (Phi) is 7.36. The minimum absolute atomic E-state index is 0.0631. The average molecular weight is 549 g/mol. The summed E-state index contributed by atoms with van der Waals surface area (Å²) in [7, 11) is -4.79. The standard InChI is InChI=1S/C26H36N4O7S/c1-13(2)10-19(29-22(31)18-11-15-8-6-7-9-17(15)28-18)24(33)30-12-16-20(26(16,4)5)21(30)23(32)27-14(3)25(34)38(35,36)37/h6-9,11,13-14,16,19-21,25,28,34H,10,12H2,1-5H3,(H,27,32)(H,29,31)(H,35,36,37)/t14-,16-,19-,20-,21-,25?/m0/s1. The van der Waals surface area contributed by atoms with Crippen molar-refractivity contribution in [2.45, 2.75) is 64.6 Å². The molecular formula is C26H36N4O7S. The fourth-order valence-electron chi connectivity index (χ4n) is 5.78. The van der Waals surface area contributed by atoms with Gasteiger partial charge in [0.15, 0.2) is 0 Å². The zero-order chi connectivity index (χ0) is 28.2. The van der Waals surface area contributed by atoms with Gasteiger partial charge in [-0.25, -0.2) is 0 Å². The molecule has 2 heterocycles. The van der Waals surface area contributed by atoms with Crippen LogP contribution in [-0.4, -0.2) is 75.8 Å². The number of aromatic amines is 1. The highest BCUT2D eigenvalue weighted by Crippen LogP contribution is 2.65. The number of nitrogens with zero attached hydrogens (tertiary/aromatic N) is 1. The topological polar surface area (TPSA) is 169 Å². The Morgan fingerprint density at radius 1 is 1.16 bits per heavy atom. The van der Waals surface area contributed by atoms with Gasteiger partial charge in [-0.05, 0) is 48.6 Å². The van der Waals surface area contributed by atoms with Crippen molar-refractivity contribution in [1.82, 2.24) is 20.5 Å². The number of carbonyl (C=O) groups excluding carboxylic acids is 3. The van der Waals surface area contributed by atoms with E-state index in [1.165, 1.54) is 11.8 Å². The fourth-order valence-corrected chi connectivity index (χ4v) is 6.36. The van der Waals surface area contributed by atoms with Gasteiger partial charge >= 0.3 is 0 Å². The minimum atomic E-state index is -4.79. The second kappa shape index (κ2) is 9.97. The number of aliphatic hydroxyl groups excluding tert-OH is 1. The second-order valence-corrected chi connectivity index (χ2v) is 13.0. The van der Waals surface area contributed by atoms with Gasteiger partial charge in [0.1, 0.15) is 17.8 Å². The highest BCUT2D eigenvalue weighted by atomic mass is 32.2. The molecule has 1 saturated heterocycles. The number of aromatic nitrogens is 1. The van der Waals surface area contributed by atoms with E-state index >= 15 is 0 Å². The maximum atomic E-state index is 13.8. The van der Waals surface area contributed by atoms with Crippen molar-refractivity contribution in [3.63, 3.8) is 0 Å². The van der Waals surface area contributed by atoms with E-state index in [1.807, 2.05) is 52.0 Å². The number of piperidine rings is 1. The molecule has 2 aliphatic rings. The molecule has 4 rings (SSSR count). The molecule has 1 aromatic carbocycles. The zero-order valence-electron chi connectivity index (χ0n) is 22.1. The molecule has 0 bridgehead atoms. The number of amides is 3. The molecule has 0 radical (unpaired) electrons. The van der Waals surface area contributed by atoms with Gasteiger partial charge in [-0.3, -0.25) is 18.9 Å². The molecule has 5 N–H and O–H groups in total. The monoisotopic (exact) mass is 548 g/mol. The van der Waals surface area contributed by atoms with E-state index < -0.39 is 51.4 Å². The van der Waals surface area contributed by atoms with Crippen molar-refractivity contribution in [3.05, 3.63) is 36.0 Å². The number of carbonyl (C=O) groups is 3. The van der Waals surface area contributed by atoms with Crippen LogP contribution in [0, 0.1) is 23.2 Å². The maximum absolute atomic E-state index is 13.8. The highest BCUT2D eigenvalue weighted by molar-refractivity contribution is 7.86. The Hall–Kier alpha value is -2.96. The number of likely N-dealkylation sites (tertiary alicyclic amines) is 1. The van der Waals surface area contributed by atoms with Gasteiger partial charge in [-0.15, -0.1) is 0 Å². The van der Waals surface area contributed by atoms with Crippen molar-refractivity contribution in [2.75, 3.05) is 6.54 Å². The van der Waals surface area contributed by atoms with Crippen LogP contribution in [0.1, 0.15) is 51.5 Å². The maximum Gasteiger partial charge on any atom is 0.294 e. The van der Waals surface area contributed by atoms with Crippen molar-refractivity contribution < 1.29 is 32.5 Å². The smallest absolute Gasteiger partial charge is 0.294 e. The number of fused-ring (bicyclic) bond motifs is 2. The summed E-state index contributed by atoms with van der Waals surface area (Å²) < 4.78 is 31.8. The third-order valence-electron chi connectivity index (χ3n) is 7.95. The van der Waals surface area contributed by atoms with E-state index in [0.717, 1.165) is 10.9 Å². The number of hydrogen-bond donors (Lipinski definition) is 5. The Bertz CT molecular complexity index is 1320. The van der Waals surface area contributed by atoms with Crippen molar-refractivity contribution in [2.24, 2.45) is 23.2 Å². The van der Waals surface area contributed by atoms with Gasteiger partial charge in [0.25, 0.3) is 16.0 Å². The van der Waals surface area contributed by atoms with Gasteiger partial charge in [-0.2, -0.15) is 8.42 Å². The van der Waals surface area contributed by atoms with Gasteiger partial charge in [-0.1, -0.05) is 45.9 Å². The first-order chi connectivity index (χ1) is 17.6.